The lowest BCUT2D eigenvalue weighted by molar-refractivity contribution is -0.114. The lowest BCUT2D eigenvalue weighted by atomic mass is 10.1. The number of carbonyl (C=O) groups excluding carboxylic acids is 2. The quantitative estimate of drug-likeness (QED) is 0.535. The van der Waals surface area contributed by atoms with E-state index in [0.29, 0.717) is 11.4 Å². The first kappa shape index (κ1) is 22.0. The molecule has 3 aromatic carbocycles. The Bertz CT molecular complexity index is 1220. The molecule has 0 saturated heterocycles. The second-order valence-electron chi connectivity index (χ2n) is 6.80. The predicted molar refractivity (Wildman–Crippen MR) is 117 cm³/mol. The lowest BCUT2D eigenvalue weighted by Gasteiger charge is -2.12. The Balaban J connectivity index is 1.74. The standard InChI is InChI=1S/C22H20FN3O4S/c1-14-3-8-19(24-15(2)27)13-21(14)25-22(28)16-4-11-20(12-5-16)31(29,30)26-18-9-6-17(23)7-10-18/h3-13,26H,1-2H3,(H,24,27)(H,25,28). The maximum atomic E-state index is 13.0. The van der Waals surface area contributed by atoms with Crippen LogP contribution in [0, 0.1) is 12.7 Å². The molecule has 0 aromatic heterocycles. The third-order valence-electron chi connectivity index (χ3n) is 4.33. The van der Waals surface area contributed by atoms with Crippen molar-refractivity contribution in [2.75, 3.05) is 15.4 Å². The summed E-state index contributed by atoms with van der Waals surface area (Å²) in [5.74, 6) is -1.14. The molecule has 0 atom stereocenters. The van der Waals surface area contributed by atoms with Crippen LogP contribution in [-0.2, 0) is 14.8 Å². The minimum atomic E-state index is -3.90. The maximum absolute atomic E-state index is 13.0. The van der Waals surface area contributed by atoms with Crippen molar-refractivity contribution in [3.63, 3.8) is 0 Å². The normalized spacial score (nSPS) is 10.9. The Labute approximate surface area is 179 Å². The number of hydrogen-bond acceptors (Lipinski definition) is 4. The largest absolute Gasteiger partial charge is 0.326 e. The van der Waals surface area contributed by atoms with Gasteiger partial charge in [-0.1, -0.05) is 6.07 Å². The molecule has 160 valence electrons. The monoisotopic (exact) mass is 441 g/mol. The summed E-state index contributed by atoms with van der Waals surface area (Å²) < 4.78 is 40.3. The fraction of sp³-hybridized carbons (Fsp3) is 0.0909. The highest BCUT2D eigenvalue weighted by Gasteiger charge is 2.16. The maximum Gasteiger partial charge on any atom is 0.261 e. The first-order valence-corrected chi connectivity index (χ1v) is 10.7. The van der Waals surface area contributed by atoms with Crippen molar-refractivity contribution in [3.8, 4) is 0 Å². The molecule has 0 heterocycles. The molecule has 2 amide bonds. The van der Waals surface area contributed by atoms with Crippen molar-refractivity contribution in [1.29, 1.82) is 0 Å². The zero-order valence-electron chi connectivity index (χ0n) is 16.8. The smallest absolute Gasteiger partial charge is 0.261 e. The van der Waals surface area contributed by atoms with Gasteiger partial charge in [0.15, 0.2) is 0 Å². The van der Waals surface area contributed by atoms with E-state index >= 15 is 0 Å². The van der Waals surface area contributed by atoms with Crippen molar-refractivity contribution < 1.29 is 22.4 Å². The van der Waals surface area contributed by atoms with Gasteiger partial charge in [-0.2, -0.15) is 0 Å². The van der Waals surface area contributed by atoms with Crippen LogP contribution in [0.15, 0.2) is 71.6 Å². The molecule has 0 aliphatic carbocycles. The molecule has 7 nitrogen and oxygen atoms in total. The summed E-state index contributed by atoms with van der Waals surface area (Å²) in [5, 5.41) is 5.40. The minimum Gasteiger partial charge on any atom is -0.326 e. The number of rotatable bonds is 6. The Morgan fingerprint density at radius 1 is 0.839 bits per heavy atom. The Hall–Kier alpha value is -3.72. The van der Waals surface area contributed by atoms with Crippen molar-refractivity contribution in [2.45, 2.75) is 18.7 Å². The number of amides is 2. The van der Waals surface area contributed by atoms with E-state index in [2.05, 4.69) is 15.4 Å². The van der Waals surface area contributed by atoms with Crippen molar-refractivity contribution in [1.82, 2.24) is 0 Å². The highest BCUT2D eigenvalue weighted by molar-refractivity contribution is 7.92. The molecule has 31 heavy (non-hydrogen) atoms. The Kier molecular flexibility index (Phi) is 6.36. The number of sulfonamides is 1. The Morgan fingerprint density at radius 3 is 2.06 bits per heavy atom. The van der Waals surface area contributed by atoms with Gasteiger partial charge in [-0.15, -0.1) is 0 Å². The van der Waals surface area contributed by atoms with Gasteiger partial charge < -0.3 is 10.6 Å². The average molecular weight is 441 g/mol. The highest BCUT2D eigenvalue weighted by Crippen LogP contribution is 2.22. The summed E-state index contributed by atoms with van der Waals surface area (Å²) in [6.45, 7) is 3.20. The fourth-order valence-electron chi connectivity index (χ4n) is 2.75. The molecule has 0 unspecified atom stereocenters. The Morgan fingerprint density at radius 2 is 1.45 bits per heavy atom. The van der Waals surface area contributed by atoms with E-state index in [1.165, 1.54) is 43.3 Å². The van der Waals surface area contributed by atoms with Crippen LogP contribution in [0.5, 0.6) is 0 Å². The van der Waals surface area contributed by atoms with Gasteiger partial charge in [0.05, 0.1) is 4.90 Å². The molecule has 0 radical (unpaired) electrons. The molecule has 3 aromatic rings. The SMILES string of the molecule is CC(=O)Nc1ccc(C)c(NC(=O)c2ccc(S(=O)(=O)Nc3ccc(F)cc3)cc2)c1. The molecule has 0 saturated carbocycles. The molecule has 0 bridgehead atoms. The minimum absolute atomic E-state index is 0.0442. The summed E-state index contributed by atoms with van der Waals surface area (Å²) >= 11 is 0. The second-order valence-corrected chi connectivity index (χ2v) is 8.48. The third kappa shape index (κ3) is 5.67. The van der Waals surface area contributed by atoms with Gasteiger partial charge in [0.1, 0.15) is 5.82 Å². The second kappa shape index (κ2) is 8.97. The number of halogens is 1. The fourth-order valence-corrected chi connectivity index (χ4v) is 3.81. The number of carbonyl (C=O) groups is 2. The van der Waals surface area contributed by atoms with Crippen LogP contribution in [0.1, 0.15) is 22.8 Å². The van der Waals surface area contributed by atoms with Gasteiger partial charge in [0.2, 0.25) is 5.91 Å². The molecular weight excluding hydrogens is 421 g/mol. The number of hydrogen-bond donors (Lipinski definition) is 3. The van der Waals surface area contributed by atoms with E-state index in [1.807, 2.05) is 6.92 Å². The van der Waals surface area contributed by atoms with E-state index in [4.69, 9.17) is 0 Å². The number of benzene rings is 3. The van der Waals surface area contributed by atoms with Gasteiger partial charge in [0, 0.05) is 29.5 Å². The third-order valence-corrected chi connectivity index (χ3v) is 5.73. The van der Waals surface area contributed by atoms with Crippen LogP contribution in [0.2, 0.25) is 0 Å². The van der Waals surface area contributed by atoms with E-state index in [-0.39, 0.29) is 22.1 Å². The number of aryl methyl sites for hydroxylation is 1. The van der Waals surface area contributed by atoms with Crippen LogP contribution in [-0.4, -0.2) is 20.2 Å². The van der Waals surface area contributed by atoms with Gasteiger partial charge >= 0.3 is 0 Å². The van der Waals surface area contributed by atoms with E-state index in [9.17, 15) is 22.4 Å². The van der Waals surface area contributed by atoms with Crippen LogP contribution in [0.3, 0.4) is 0 Å². The van der Waals surface area contributed by atoms with E-state index in [1.54, 1.807) is 18.2 Å². The van der Waals surface area contributed by atoms with Gasteiger partial charge in [-0.3, -0.25) is 14.3 Å². The molecule has 0 spiro atoms. The molecule has 3 N–H and O–H groups in total. The zero-order chi connectivity index (χ0) is 22.6. The van der Waals surface area contributed by atoms with E-state index in [0.717, 1.165) is 17.7 Å². The van der Waals surface area contributed by atoms with Crippen LogP contribution < -0.4 is 15.4 Å². The van der Waals surface area contributed by atoms with Crippen molar-refractivity contribution in [3.05, 3.63) is 83.7 Å². The first-order chi connectivity index (χ1) is 14.6. The molecule has 0 aliphatic rings. The zero-order valence-corrected chi connectivity index (χ0v) is 17.6. The predicted octanol–water partition coefficient (Wildman–Crippen LogP) is 4.15. The summed E-state index contributed by atoms with van der Waals surface area (Å²) in [6, 6.07) is 15.4. The van der Waals surface area contributed by atoms with Crippen LogP contribution in [0.25, 0.3) is 0 Å². The van der Waals surface area contributed by atoms with Crippen LogP contribution in [0.4, 0.5) is 21.5 Å². The molecule has 3 rings (SSSR count). The van der Waals surface area contributed by atoms with Gasteiger partial charge in [0.25, 0.3) is 15.9 Å². The van der Waals surface area contributed by atoms with Crippen molar-refractivity contribution >= 4 is 38.9 Å². The number of nitrogens with one attached hydrogen (secondary N) is 3. The lowest BCUT2D eigenvalue weighted by Crippen LogP contribution is -2.15. The molecular formula is C22H20FN3O4S. The van der Waals surface area contributed by atoms with Gasteiger partial charge in [-0.25, -0.2) is 12.8 Å². The topological polar surface area (TPSA) is 104 Å². The molecule has 9 heteroatoms. The molecule has 0 fully saturated rings. The first-order valence-electron chi connectivity index (χ1n) is 9.22. The highest BCUT2D eigenvalue weighted by atomic mass is 32.2. The van der Waals surface area contributed by atoms with Crippen LogP contribution >= 0.6 is 0 Å². The summed E-state index contributed by atoms with van der Waals surface area (Å²) in [6.07, 6.45) is 0. The van der Waals surface area contributed by atoms with Gasteiger partial charge in [-0.05, 0) is 73.2 Å². The average Bonchev–Trinajstić information content (AvgIpc) is 2.72. The van der Waals surface area contributed by atoms with E-state index < -0.39 is 21.7 Å². The summed E-state index contributed by atoms with van der Waals surface area (Å²) in [7, 11) is -3.90. The van der Waals surface area contributed by atoms with Crippen molar-refractivity contribution in [2.24, 2.45) is 0 Å². The summed E-state index contributed by atoms with van der Waals surface area (Å²) in [4.78, 5) is 23.8. The number of anilines is 3. The molecule has 0 aliphatic heterocycles. The summed E-state index contributed by atoms with van der Waals surface area (Å²) in [5.41, 5.74) is 2.33.